The molecular weight excluding hydrogens is 444 g/mol. The van der Waals surface area contributed by atoms with Gasteiger partial charge in [-0.1, -0.05) is 24.3 Å². The highest BCUT2D eigenvalue weighted by atomic mass is 32.1. The number of H-pyrrole nitrogens is 1. The lowest BCUT2D eigenvalue weighted by atomic mass is 10.1. The fraction of sp³-hybridized carbons (Fsp3) is 0.125. The molecule has 2 aromatic carbocycles. The monoisotopic (exact) mass is 464 g/mol. The molecule has 9 heteroatoms. The minimum atomic E-state index is -0.786. The van der Waals surface area contributed by atoms with E-state index in [0.717, 1.165) is 10.9 Å². The van der Waals surface area contributed by atoms with Crippen molar-refractivity contribution in [3.63, 3.8) is 0 Å². The number of amides is 1. The molecule has 4 rings (SSSR count). The molecular formula is C24H20N2O6S. The van der Waals surface area contributed by atoms with Gasteiger partial charge in [0, 0.05) is 34.8 Å². The summed E-state index contributed by atoms with van der Waals surface area (Å²) in [4.78, 5) is 41.7. The normalized spacial score (nSPS) is 10.6. The van der Waals surface area contributed by atoms with Gasteiger partial charge in [0.2, 0.25) is 5.78 Å². The molecule has 0 spiro atoms. The van der Waals surface area contributed by atoms with Crippen LogP contribution in [0.1, 0.15) is 30.4 Å². The van der Waals surface area contributed by atoms with E-state index in [2.05, 4.69) is 10.3 Å². The minimum absolute atomic E-state index is 0.0317. The van der Waals surface area contributed by atoms with E-state index < -0.39 is 12.6 Å². The zero-order valence-electron chi connectivity index (χ0n) is 17.8. The number of ether oxygens (including phenoxy) is 3. The first kappa shape index (κ1) is 22.1. The molecule has 2 N–H and O–H groups in total. The number of carbonyl (C=O) groups is 3. The third-order valence-corrected chi connectivity index (χ3v) is 5.83. The fourth-order valence-electron chi connectivity index (χ4n) is 3.33. The molecule has 0 atom stereocenters. The van der Waals surface area contributed by atoms with Gasteiger partial charge in [-0.2, -0.15) is 0 Å². The molecule has 0 radical (unpaired) electrons. The number of aromatic amines is 1. The Labute approximate surface area is 193 Å². The number of para-hydroxylation sites is 1. The maximum absolute atomic E-state index is 12.9. The van der Waals surface area contributed by atoms with Crippen LogP contribution in [0.3, 0.4) is 0 Å². The second kappa shape index (κ2) is 9.58. The summed E-state index contributed by atoms with van der Waals surface area (Å²) < 4.78 is 15.9. The van der Waals surface area contributed by atoms with Crippen molar-refractivity contribution in [1.82, 2.24) is 4.98 Å². The number of hydrogen-bond acceptors (Lipinski definition) is 7. The van der Waals surface area contributed by atoms with Crippen LogP contribution in [-0.2, 0) is 4.74 Å². The van der Waals surface area contributed by atoms with Crippen molar-refractivity contribution >= 4 is 45.6 Å². The molecule has 0 bridgehead atoms. The second-order valence-electron chi connectivity index (χ2n) is 6.93. The highest BCUT2D eigenvalue weighted by Crippen LogP contribution is 2.34. The summed E-state index contributed by atoms with van der Waals surface area (Å²) in [5.41, 5.74) is 1.45. The third-order valence-electron chi connectivity index (χ3n) is 4.96. The first-order valence-corrected chi connectivity index (χ1v) is 10.8. The van der Waals surface area contributed by atoms with Crippen LogP contribution in [0.5, 0.6) is 11.5 Å². The van der Waals surface area contributed by atoms with Gasteiger partial charge in [0.05, 0.1) is 30.3 Å². The van der Waals surface area contributed by atoms with E-state index in [4.69, 9.17) is 14.2 Å². The van der Waals surface area contributed by atoms with Crippen molar-refractivity contribution < 1.29 is 28.6 Å². The quantitative estimate of drug-likeness (QED) is 0.293. The van der Waals surface area contributed by atoms with Crippen LogP contribution in [-0.4, -0.2) is 43.5 Å². The third kappa shape index (κ3) is 4.58. The highest BCUT2D eigenvalue weighted by Gasteiger charge is 2.22. The zero-order valence-corrected chi connectivity index (χ0v) is 18.7. The first-order chi connectivity index (χ1) is 16.0. The average molecular weight is 464 g/mol. The number of carbonyl (C=O) groups excluding carboxylic acids is 3. The number of hydrogen-bond donors (Lipinski definition) is 2. The van der Waals surface area contributed by atoms with E-state index in [1.54, 1.807) is 23.7 Å². The van der Waals surface area contributed by atoms with Crippen molar-refractivity contribution in [3.05, 3.63) is 76.1 Å². The minimum Gasteiger partial charge on any atom is -0.493 e. The summed E-state index contributed by atoms with van der Waals surface area (Å²) in [7, 11) is 2.87. The van der Waals surface area contributed by atoms with Gasteiger partial charge < -0.3 is 24.5 Å². The Morgan fingerprint density at radius 3 is 2.45 bits per heavy atom. The molecule has 0 aliphatic heterocycles. The van der Waals surface area contributed by atoms with E-state index >= 15 is 0 Å². The van der Waals surface area contributed by atoms with Gasteiger partial charge in [0.1, 0.15) is 0 Å². The molecule has 168 valence electrons. The molecule has 0 unspecified atom stereocenters. The van der Waals surface area contributed by atoms with Gasteiger partial charge >= 0.3 is 5.97 Å². The summed E-state index contributed by atoms with van der Waals surface area (Å²) in [5.74, 6) is -0.927. The molecule has 33 heavy (non-hydrogen) atoms. The van der Waals surface area contributed by atoms with E-state index in [-0.39, 0.29) is 28.7 Å². The number of fused-ring (bicyclic) bond motifs is 1. The van der Waals surface area contributed by atoms with Gasteiger partial charge in [-0.15, -0.1) is 11.3 Å². The van der Waals surface area contributed by atoms with Gasteiger partial charge in [-0.25, -0.2) is 4.79 Å². The molecule has 0 aliphatic carbocycles. The number of aromatic nitrogens is 1. The summed E-state index contributed by atoms with van der Waals surface area (Å²) in [5, 5.41) is 5.22. The summed E-state index contributed by atoms with van der Waals surface area (Å²) >= 11 is 1.26. The van der Waals surface area contributed by atoms with Crippen molar-refractivity contribution in [2.75, 3.05) is 26.1 Å². The second-order valence-corrected chi connectivity index (χ2v) is 7.88. The van der Waals surface area contributed by atoms with Gasteiger partial charge in [0.15, 0.2) is 18.1 Å². The van der Waals surface area contributed by atoms with Crippen LogP contribution < -0.4 is 14.8 Å². The summed E-state index contributed by atoms with van der Waals surface area (Å²) in [6.07, 6.45) is 1.59. The predicted octanol–water partition coefficient (Wildman–Crippen LogP) is 4.54. The van der Waals surface area contributed by atoms with Crippen LogP contribution in [0.25, 0.3) is 10.9 Å². The Morgan fingerprint density at radius 1 is 0.970 bits per heavy atom. The summed E-state index contributed by atoms with van der Waals surface area (Å²) in [6.45, 7) is -0.465. The molecule has 0 aliphatic rings. The maximum Gasteiger partial charge on any atom is 0.340 e. The SMILES string of the molecule is COc1cc(NC(=O)c2cccs2)c(C(=O)OCC(=O)c2c[nH]c3ccccc23)cc1OC. The number of ketones is 1. The molecule has 0 saturated heterocycles. The number of esters is 1. The van der Waals surface area contributed by atoms with Crippen LogP contribution >= 0.6 is 11.3 Å². The largest absolute Gasteiger partial charge is 0.493 e. The lowest BCUT2D eigenvalue weighted by Crippen LogP contribution is -2.18. The Hall–Kier alpha value is -4.11. The van der Waals surface area contributed by atoms with E-state index in [1.165, 1.54) is 37.7 Å². The topological polar surface area (TPSA) is 107 Å². The number of methoxy groups -OCH3 is 2. The van der Waals surface area contributed by atoms with Crippen molar-refractivity contribution in [1.29, 1.82) is 0 Å². The van der Waals surface area contributed by atoms with Crippen LogP contribution in [0, 0.1) is 0 Å². The van der Waals surface area contributed by atoms with E-state index in [0.29, 0.717) is 16.2 Å². The van der Waals surface area contributed by atoms with Crippen LogP contribution in [0.4, 0.5) is 5.69 Å². The molecule has 4 aromatic rings. The maximum atomic E-state index is 12.9. The molecule has 8 nitrogen and oxygen atoms in total. The Kier molecular flexibility index (Phi) is 6.41. The van der Waals surface area contributed by atoms with Crippen molar-refractivity contribution in [2.45, 2.75) is 0 Å². The molecule has 0 saturated carbocycles. The number of nitrogens with one attached hydrogen (secondary N) is 2. The number of anilines is 1. The molecule has 2 heterocycles. The van der Waals surface area contributed by atoms with Crippen molar-refractivity contribution in [2.24, 2.45) is 0 Å². The van der Waals surface area contributed by atoms with Gasteiger partial charge in [0.25, 0.3) is 5.91 Å². The summed E-state index contributed by atoms with van der Waals surface area (Å²) in [6, 6.07) is 13.6. The van der Waals surface area contributed by atoms with Crippen LogP contribution in [0.15, 0.2) is 60.1 Å². The average Bonchev–Trinajstić information content (AvgIpc) is 3.52. The first-order valence-electron chi connectivity index (χ1n) is 9.89. The molecule has 2 aromatic heterocycles. The number of rotatable bonds is 8. The lowest BCUT2D eigenvalue weighted by molar-refractivity contribution is 0.0476. The zero-order chi connectivity index (χ0) is 23.4. The smallest absolute Gasteiger partial charge is 0.340 e. The number of Topliss-reactive ketones (excluding diaryl/α,β-unsaturated/α-hetero) is 1. The van der Waals surface area contributed by atoms with Gasteiger partial charge in [-0.3, -0.25) is 9.59 Å². The predicted molar refractivity (Wildman–Crippen MR) is 125 cm³/mol. The Morgan fingerprint density at radius 2 is 1.73 bits per heavy atom. The van der Waals surface area contributed by atoms with E-state index in [1.807, 2.05) is 24.3 Å². The van der Waals surface area contributed by atoms with Crippen molar-refractivity contribution in [3.8, 4) is 11.5 Å². The van der Waals surface area contributed by atoms with E-state index in [9.17, 15) is 14.4 Å². The lowest BCUT2D eigenvalue weighted by Gasteiger charge is -2.15. The highest BCUT2D eigenvalue weighted by molar-refractivity contribution is 7.12. The van der Waals surface area contributed by atoms with Crippen LogP contribution in [0.2, 0.25) is 0 Å². The number of thiophene rings is 1. The molecule has 1 amide bonds. The number of benzene rings is 2. The molecule has 0 fully saturated rings. The Balaban J connectivity index is 1.57. The standard InChI is InChI=1S/C24H20N2O6S/c1-30-20-10-15(18(11-21(20)31-2)26-23(28)22-8-5-9-33-22)24(29)32-13-19(27)16-12-25-17-7-4-3-6-14(16)17/h3-12,25H,13H2,1-2H3,(H,26,28). The van der Waals surface area contributed by atoms with Gasteiger partial charge in [-0.05, 0) is 17.5 Å². The fourth-order valence-corrected chi connectivity index (χ4v) is 3.95. The Bertz CT molecular complexity index is 1330.